The number of fused-ring (bicyclic) bond motifs is 1. The summed E-state index contributed by atoms with van der Waals surface area (Å²) in [5.74, 6) is 0.177. The molecule has 7 nitrogen and oxygen atoms in total. The summed E-state index contributed by atoms with van der Waals surface area (Å²) in [5, 5.41) is 2.98. The van der Waals surface area contributed by atoms with Gasteiger partial charge >= 0.3 is 5.69 Å². The maximum Gasteiger partial charge on any atom is 0.334 e. The molecule has 0 saturated heterocycles. The molecule has 0 radical (unpaired) electrons. The number of halogens is 4. The molecule has 3 heterocycles. The van der Waals surface area contributed by atoms with Gasteiger partial charge in [0.1, 0.15) is 11.5 Å². The molecule has 4 aromatic rings. The summed E-state index contributed by atoms with van der Waals surface area (Å²) in [4.78, 5) is 34.2. The molecule has 1 amide bonds. The Morgan fingerprint density at radius 3 is 2.49 bits per heavy atom. The first-order chi connectivity index (χ1) is 17.8. The van der Waals surface area contributed by atoms with Crippen LogP contribution in [0.1, 0.15) is 48.2 Å². The number of imidazole rings is 1. The molecule has 0 atom stereocenters. The Balaban J connectivity index is 1.30. The molecule has 192 valence electrons. The van der Waals surface area contributed by atoms with Gasteiger partial charge in [-0.2, -0.15) is 0 Å². The summed E-state index contributed by atoms with van der Waals surface area (Å²) in [6, 6.07) is 12.3. The number of nitrogens with zero attached hydrogens (tertiary/aromatic N) is 4. The zero-order chi connectivity index (χ0) is 26.1. The third-order valence-corrected chi connectivity index (χ3v) is 7.41. The van der Waals surface area contributed by atoms with Crippen molar-refractivity contribution in [3.05, 3.63) is 86.1 Å². The number of benzene rings is 1. The predicted molar refractivity (Wildman–Crippen MR) is 140 cm³/mol. The van der Waals surface area contributed by atoms with Gasteiger partial charge in [-0.25, -0.2) is 23.1 Å². The summed E-state index contributed by atoms with van der Waals surface area (Å²) in [6.07, 6.45) is 2.81. The van der Waals surface area contributed by atoms with Gasteiger partial charge in [0.15, 0.2) is 0 Å². The first-order valence-corrected chi connectivity index (χ1v) is 13.1. The van der Waals surface area contributed by atoms with Gasteiger partial charge in [0.05, 0.1) is 21.6 Å². The average molecular weight is 591 g/mol. The summed E-state index contributed by atoms with van der Waals surface area (Å²) >= 11 is 9.26. The largest absolute Gasteiger partial charge is 0.349 e. The zero-order valence-electron chi connectivity index (χ0n) is 19.6. The highest BCUT2D eigenvalue weighted by Gasteiger charge is 2.27. The number of nitrogens with one attached hydrogen (secondary N) is 1. The smallest absolute Gasteiger partial charge is 0.334 e. The minimum absolute atomic E-state index is 0.126. The quantitative estimate of drug-likeness (QED) is 0.302. The highest BCUT2D eigenvalue weighted by Crippen LogP contribution is 2.29. The normalized spacial score (nSPS) is 17.9. The third kappa shape index (κ3) is 5.31. The van der Waals surface area contributed by atoms with Crippen molar-refractivity contribution in [1.82, 2.24) is 24.4 Å². The van der Waals surface area contributed by atoms with Crippen molar-refractivity contribution in [3.8, 4) is 5.82 Å². The fraction of sp³-hybridized carbons (Fsp3) is 0.308. The van der Waals surface area contributed by atoms with E-state index in [4.69, 9.17) is 11.6 Å². The minimum Gasteiger partial charge on any atom is -0.349 e. The Labute approximate surface area is 224 Å². The molecule has 0 bridgehead atoms. The lowest BCUT2D eigenvalue weighted by molar-refractivity contribution is 0.0904. The molecule has 1 fully saturated rings. The first-order valence-electron chi connectivity index (χ1n) is 11.9. The van der Waals surface area contributed by atoms with Gasteiger partial charge in [0.25, 0.3) is 12.3 Å². The van der Waals surface area contributed by atoms with Gasteiger partial charge in [0, 0.05) is 29.5 Å². The molecule has 1 aliphatic carbocycles. The van der Waals surface area contributed by atoms with E-state index in [9.17, 15) is 18.4 Å². The summed E-state index contributed by atoms with van der Waals surface area (Å²) in [7, 11) is 0. The molecular formula is C26H23BrClF2N5O2. The Kier molecular flexibility index (Phi) is 7.39. The predicted octanol–water partition coefficient (Wildman–Crippen LogP) is 5.92. The van der Waals surface area contributed by atoms with E-state index in [1.165, 1.54) is 6.07 Å². The highest BCUT2D eigenvalue weighted by atomic mass is 79.9. The number of amides is 1. The van der Waals surface area contributed by atoms with Crippen LogP contribution in [0.4, 0.5) is 8.78 Å². The van der Waals surface area contributed by atoms with E-state index >= 15 is 0 Å². The van der Waals surface area contributed by atoms with Crippen molar-refractivity contribution < 1.29 is 13.6 Å². The van der Waals surface area contributed by atoms with E-state index in [0.29, 0.717) is 25.2 Å². The topological polar surface area (TPSA) is 81.8 Å². The van der Waals surface area contributed by atoms with Gasteiger partial charge in [-0.3, -0.25) is 14.3 Å². The van der Waals surface area contributed by atoms with Crippen LogP contribution in [-0.4, -0.2) is 31.1 Å². The molecule has 0 unspecified atom stereocenters. The van der Waals surface area contributed by atoms with E-state index in [0.717, 1.165) is 34.5 Å². The second-order valence-corrected chi connectivity index (χ2v) is 10.5. The van der Waals surface area contributed by atoms with Crippen molar-refractivity contribution >= 4 is 44.5 Å². The van der Waals surface area contributed by atoms with Crippen molar-refractivity contribution in [1.29, 1.82) is 0 Å². The average Bonchev–Trinajstić information content (AvgIpc) is 3.16. The van der Waals surface area contributed by atoms with Crippen molar-refractivity contribution in [2.75, 3.05) is 0 Å². The Morgan fingerprint density at radius 2 is 1.81 bits per heavy atom. The monoisotopic (exact) mass is 589 g/mol. The number of para-hydroxylation sites is 2. The number of pyridine rings is 2. The van der Waals surface area contributed by atoms with Gasteiger partial charge in [0.2, 0.25) is 0 Å². The van der Waals surface area contributed by atoms with Crippen LogP contribution < -0.4 is 11.0 Å². The molecule has 0 aliphatic heterocycles. The number of aromatic nitrogens is 4. The van der Waals surface area contributed by atoms with Gasteiger partial charge < -0.3 is 5.32 Å². The number of hydrogen-bond acceptors (Lipinski definition) is 4. The third-order valence-electron chi connectivity index (χ3n) is 6.74. The van der Waals surface area contributed by atoms with Crippen LogP contribution >= 0.6 is 27.5 Å². The number of carbonyl (C=O) groups is 1. The maximum absolute atomic E-state index is 13.5. The van der Waals surface area contributed by atoms with E-state index in [2.05, 4.69) is 31.2 Å². The molecular weight excluding hydrogens is 568 g/mol. The van der Waals surface area contributed by atoms with Crippen LogP contribution in [0.2, 0.25) is 5.02 Å². The van der Waals surface area contributed by atoms with Crippen LogP contribution in [0.15, 0.2) is 64.1 Å². The van der Waals surface area contributed by atoms with E-state index < -0.39 is 18.0 Å². The molecule has 37 heavy (non-hydrogen) atoms. The maximum atomic E-state index is 13.5. The van der Waals surface area contributed by atoms with Crippen molar-refractivity contribution in [2.45, 2.75) is 44.7 Å². The fourth-order valence-corrected chi connectivity index (χ4v) is 5.32. The molecule has 1 aromatic carbocycles. The van der Waals surface area contributed by atoms with Crippen molar-refractivity contribution in [2.24, 2.45) is 5.92 Å². The standard InChI is InChI=1S/C26H23BrClF2N5O2/c27-16-7-10-22(31-12-16)35-21-4-2-1-3-20(21)34(26(35)37)14-15-5-8-18(9-6-15)33-25(36)19-11-17(28)13-32-23(19)24(29)30/h1-4,7,10-13,15,18,24H,5-6,8-9,14H2,(H,33,36). The number of alkyl halides is 2. The van der Waals surface area contributed by atoms with Crippen LogP contribution in [0, 0.1) is 5.92 Å². The molecule has 0 spiro atoms. The number of carbonyl (C=O) groups excluding carboxylic acids is 1. The summed E-state index contributed by atoms with van der Waals surface area (Å²) in [6.45, 7) is 0.539. The van der Waals surface area contributed by atoms with Gasteiger partial charge in [-0.1, -0.05) is 23.7 Å². The Hall–Kier alpha value is -3.11. The van der Waals surface area contributed by atoms with E-state index in [1.54, 1.807) is 21.4 Å². The van der Waals surface area contributed by atoms with Crippen LogP contribution in [0.5, 0.6) is 0 Å². The molecule has 11 heteroatoms. The van der Waals surface area contributed by atoms with E-state index in [1.807, 2.05) is 30.3 Å². The number of hydrogen-bond donors (Lipinski definition) is 1. The van der Waals surface area contributed by atoms with Crippen LogP contribution in [-0.2, 0) is 6.54 Å². The first kappa shape index (κ1) is 25.5. The second-order valence-electron chi connectivity index (χ2n) is 9.13. The number of rotatable bonds is 6. The lowest BCUT2D eigenvalue weighted by Crippen LogP contribution is -2.39. The molecule has 3 aromatic heterocycles. The van der Waals surface area contributed by atoms with E-state index in [-0.39, 0.29) is 28.2 Å². The molecule has 1 aliphatic rings. The zero-order valence-corrected chi connectivity index (χ0v) is 21.9. The fourth-order valence-electron chi connectivity index (χ4n) is 4.92. The van der Waals surface area contributed by atoms with Gasteiger partial charge in [-0.15, -0.1) is 0 Å². The lowest BCUT2D eigenvalue weighted by atomic mass is 9.85. The second kappa shape index (κ2) is 10.7. The highest BCUT2D eigenvalue weighted by molar-refractivity contribution is 9.10. The SMILES string of the molecule is O=C(NC1CCC(Cn2c(=O)n(-c3ccc(Br)cn3)c3ccccc32)CC1)c1cc(Cl)cnc1C(F)F. The summed E-state index contributed by atoms with van der Waals surface area (Å²) in [5.41, 5.74) is 0.686. The summed E-state index contributed by atoms with van der Waals surface area (Å²) < 4.78 is 30.8. The van der Waals surface area contributed by atoms with Crippen LogP contribution in [0.25, 0.3) is 16.9 Å². The Bertz CT molecular complexity index is 1500. The van der Waals surface area contributed by atoms with Crippen LogP contribution in [0.3, 0.4) is 0 Å². The lowest BCUT2D eigenvalue weighted by Gasteiger charge is -2.29. The minimum atomic E-state index is -2.87. The molecule has 1 saturated carbocycles. The molecule has 5 rings (SSSR count). The Morgan fingerprint density at radius 1 is 1.08 bits per heavy atom. The van der Waals surface area contributed by atoms with Crippen molar-refractivity contribution in [3.63, 3.8) is 0 Å². The van der Waals surface area contributed by atoms with Gasteiger partial charge in [-0.05, 0) is 77.9 Å². The molecule has 1 N–H and O–H groups in total.